The largest absolute Gasteiger partial charge is 0.361 e. The molecule has 0 saturated heterocycles. The molecule has 0 aliphatic carbocycles. The number of benzene rings is 1. The third-order valence-electron chi connectivity index (χ3n) is 2.11. The van der Waals surface area contributed by atoms with Gasteiger partial charge in [-0.25, -0.2) is 0 Å². The van der Waals surface area contributed by atoms with Crippen molar-refractivity contribution in [1.29, 1.82) is 5.26 Å². The predicted octanol–water partition coefficient (Wildman–Crippen LogP) is 2.35. The van der Waals surface area contributed by atoms with Crippen molar-refractivity contribution in [2.45, 2.75) is 6.92 Å². The number of aryl methyl sites for hydroxylation is 1. The molecule has 0 amide bonds. The Balaban J connectivity index is 2.89. The van der Waals surface area contributed by atoms with Crippen molar-refractivity contribution in [3.8, 4) is 6.07 Å². The van der Waals surface area contributed by atoms with Crippen molar-refractivity contribution in [3.05, 3.63) is 35.5 Å². The normalized spacial score (nSPS) is 10.0. The van der Waals surface area contributed by atoms with Crippen LogP contribution in [0.15, 0.2) is 24.4 Å². The monoisotopic (exact) mass is 156 g/mol. The van der Waals surface area contributed by atoms with Crippen molar-refractivity contribution >= 4 is 10.9 Å². The van der Waals surface area contributed by atoms with Crippen LogP contribution in [0.5, 0.6) is 0 Å². The first-order valence-electron chi connectivity index (χ1n) is 3.79. The summed E-state index contributed by atoms with van der Waals surface area (Å²) in [7, 11) is 0. The molecule has 2 nitrogen and oxygen atoms in total. The maximum Gasteiger partial charge on any atom is 0.0995 e. The molecule has 12 heavy (non-hydrogen) atoms. The first kappa shape index (κ1) is 6.93. The van der Waals surface area contributed by atoms with Crippen LogP contribution in [0.2, 0.25) is 0 Å². The lowest BCUT2D eigenvalue weighted by Crippen LogP contribution is -1.82. The number of aromatic amines is 1. The zero-order valence-electron chi connectivity index (χ0n) is 6.76. The van der Waals surface area contributed by atoms with Gasteiger partial charge in [-0.15, -0.1) is 0 Å². The molecule has 2 rings (SSSR count). The van der Waals surface area contributed by atoms with Crippen molar-refractivity contribution in [1.82, 2.24) is 4.98 Å². The van der Waals surface area contributed by atoms with Crippen LogP contribution in [0, 0.1) is 18.3 Å². The maximum absolute atomic E-state index is 8.75. The van der Waals surface area contributed by atoms with Crippen LogP contribution < -0.4 is 0 Å². The van der Waals surface area contributed by atoms with E-state index in [2.05, 4.69) is 11.1 Å². The van der Waals surface area contributed by atoms with Gasteiger partial charge < -0.3 is 4.98 Å². The van der Waals surface area contributed by atoms with Crippen LogP contribution in [-0.2, 0) is 0 Å². The van der Waals surface area contributed by atoms with E-state index in [9.17, 15) is 0 Å². The van der Waals surface area contributed by atoms with Gasteiger partial charge in [0.05, 0.1) is 11.6 Å². The molecular formula is C10H8N2. The van der Waals surface area contributed by atoms with Crippen molar-refractivity contribution in [2.75, 3.05) is 0 Å². The number of nitrogens with one attached hydrogen (secondary N) is 1. The summed E-state index contributed by atoms with van der Waals surface area (Å²) in [5, 5.41) is 9.91. The van der Waals surface area contributed by atoms with Gasteiger partial charge in [0.1, 0.15) is 0 Å². The molecule has 1 N–H and O–H groups in total. The van der Waals surface area contributed by atoms with Crippen molar-refractivity contribution in [2.24, 2.45) is 0 Å². The molecule has 0 aliphatic heterocycles. The van der Waals surface area contributed by atoms with E-state index in [-0.39, 0.29) is 0 Å². The Morgan fingerprint density at radius 2 is 2.17 bits per heavy atom. The second-order valence-corrected chi connectivity index (χ2v) is 2.79. The highest BCUT2D eigenvalue weighted by atomic mass is 14.7. The lowest BCUT2D eigenvalue weighted by atomic mass is 10.1. The second kappa shape index (κ2) is 2.38. The molecule has 2 heteroatoms. The fourth-order valence-electron chi connectivity index (χ4n) is 1.40. The van der Waals surface area contributed by atoms with E-state index in [1.165, 1.54) is 0 Å². The fourth-order valence-corrected chi connectivity index (χ4v) is 1.40. The SMILES string of the molecule is Cc1c(C#N)ccc2cc[nH]c12. The lowest BCUT2D eigenvalue weighted by Gasteiger charge is -1.97. The highest BCUT2D eigenvalue weighted by Crippen LogP contribution is 2.19. The number of hydrogen-bond acceptors (Lipinski definition) is 1. The number of nitrogens with zero attached hydrogens (tertiary/aromatic N) is 1. The highest BCUT2D eigenvalue weighted by Gasteiger charge is 2.02. The van der Waals surface area contributed by atoms with Crippen LogP contribution in [0.3, 0.4) is 0 Å². The molecule has 0 unspecified atom stereocenters. The molecule has 0 bridgehead atoms. The molecule has 0 spiro atoms. The topological polar surface area (TPSA) is 39.6 Å². The summed E-state index contributed by atoms with van der Waals surface area (Å²) in [5.74, 6) is 0. The van der Waals surface area contributed by atoms with Crippen LogP contribution >= 0.6 is 0 Å². The summed E-state index contributed by atoms with van der Waals surface area (Å²) in [6.07, 6.45) is 1.89. The van der Waals surface area contributed by atoms with E-state index in [0.717, 1.165) is 22.0 Å². The first-order valence-corrected chi connectivity index (χ1v) is 3.79. The smallest absolute Gasteiger partial charge is 0.0995 e. The van der Waals surface area contributed by atoms with Crippen molar-refractivity contribution in [3.63, 3.8) is 0 Å². The van der Waals surface area contributed by atoms with Gasteiger partial charge in [0.15, 0.2) is 0 Å². The zero-order valence-corrected chi connectivity index (χ0v) is 6.76. The Morgan fingerprint density at radius 1 is 1.33 bits per heavy atom. The summed E-state index contributed by atoms with van der Waals surface area (Å²) in [5.41, 5.74) is 2.83. The van der Waals surface area contributed by atoms with Crippen LogP contribution in [-0.4, -0.2) is 4.98 Å². The quantitative estimate of drug-likeness (QED) is 0.624. The van der Waals surface area contributed by atoms with E-state index in [1.807, 2.05) is 31.3 Å². The minimum Gasteiger partial charge on any atom is -0.361 e. The number of rotatable bonds is 0. The molecular weight excluding hydrogens is 148 g/mol. The molecule has 1 aromatic heterocycles. The molecule has 0 radical (unpaired) electrons. The average Bonchev–Trinajstić information content (AvgIpc) is 2.53. The minimum atomic E-state index is 0.741. The van der Waals surface area contributed by atoms with Gasteiger partial charge in [-0.1, -0.05) is 6.07 Å². The molecule has 0 saturated carbocycles. The molecule has 1 heterocycles. The van der Waals surface area contributed by atoms with Gasteiger partial charge in [0.25, 0.3) is 0 Å². The fraction of sp³-hybridized carbons (Fsp3) is 0.100. The first-order chi connectivity index (χ1) is 5.83. The maximum atomic E-state index is 8.75. The van der Waals surface area contributed by atoms with Gasteiger partial charge in [-0.3, -0.25) is 0 Å². The predicted molar refractivity (Wildman–Crippen MR) is 47.8 cm³/mol. The molecule has 2 aromatic rings. The minimum absolute atomic E-state index is 0.741. The van der Waals surface area contributed by atoms with Gasteiger partial charge in [0, 0.05) is 11.7 Å². The van der Waals surface area contributed by atoms with Crippen molar-refractivity contribution < 1.29 is 0 Å². The number of aromatic nitrogens is 1. The average molecular weight is 156 g/mol. The molecule has 0 atom stereocenters. The van der Waals surface area contributed by atoms with E-state index in [4.69, 9.17) is 5.26 Å². The summed E-state index contributed by atoms with van der Waals surface area (Å²) >= 11 is 0. The number of fused-ring (bicyclic) bond motifs is 1. The molecule has 58 valence electrons. The summed E-state index contributed by atoms with van der Waals surface area (Å²) in [6, 6.07) is 7.97. The zero-order chi connectivity index (χ0) is 8.55. The Labute approximate surface area is 70.4 Å². The molecule has 1 aromatic carbocycles. The number of hydrogen-bond donors (Lipinski definition) is 1. The second-order valence-electron chi connectivity index (χ2n) is 2.79. The van der Waals surface area contributed by atoms with Gasteiger partial charge in [0.2, 0.25) is 0 Å². The highest BCUT2D eigenvalue weighted by molar-refractivity contribution is 5.84. The van der Waals surface area contributed by atoms with Gasteiger partial charge in [-0.2, -0.15) is 5.26 Å². The van der Waals surface area contributed by atoms with Gasteiger partial charge >= 0.3 is 0 Å². The van der Waals surface area contributed by atoms with Gasteiger partial charge in [-0.05, 0) is 30.0 Å². The Kier molecular flexibility index (Phi) is 1.38. The number of H-pyrrole nitrogens is 1. The number of nitriles is 1. The summed E-state index contributed by atoms with van der Waals surface area (Å²) < 4.78 is 0. The Bertz CT molecular complexity index is 460. The Hall–Kier alpha value is -1.75. The molecule has 0 fully saturated rings. The van der Waals surface area contributed by atoms with Crippen LogP contribution in [0.25, 0.3) is 10.9 Å². The summed E-state index contributed by atoms with van der Waals surface area (Å²) in [6.45, 7) is 1.96. The van der Waals surface area contributed by atoms with Crippen LogP contribution in [0.4, 0.5) is 0 Å². The standard InChI is InChI=1S/C10H8N2/c1-7-9(6-11)3-2-8-4-5-12-10(7)8/h2-5,12H,1H3. The van der Waals surface area contributed by atoms with E-state index < -0.39 is 0 Å². The molecule has 0 aliphatic rings. The third kappa shape index (κ3) is 0.802. The van der Waals surface area contributed by atoms with E-state index >= 15 is 0 Å². The Morgan fingerprint density at radius 3 is 2.92 bits per heavy atom. The summed E-state index contributed by atoms with van der Waals surface area (Å²) in [4.78, 5) is 3.11. The third-order valence-corrected chi connectivity index (χ3v) is 2.11. The van der Waals surface area contributed by atoms with Crippen LogP contribution in [0.1, 0.15) is 11.1 Å². The lowest BCUT2D eigenvalue weighted by molar-refractivity contribution is 1.38. The van der Waals surface area contributed by atoms with E-state index in [1.54, 1.807) is 0 Å². The van der Waals surface area contributed by atoms with E-state index in [0.29, 0.717) is 0 Å².